The van der Waals surface area contributed by atoms with E-state index in [1.165, 1.54) is 18.4 Å². The summed E-state index contributed by atoms with van der Waals surface area (Å²) in [6.45, 7) is 2.04. The summed E-state index contributed by atoms with van der Waals surface area (Å²) in [6.07, 6.45) is 3.88. The molecule has 0 radical (unpaired) electrons. The van der Waals surface area contributed by atoms with Gasteiger partial charge in [-0.1, -0.05) is 37.1 Å². The lowest BCUT2D eigenvalue weighted by Crippen LogP contribution is -2.32. The Kier molecular flexibility index (Phi) is 3.39. The third kappa shape index (κ3) is 2.92. The van der Waals surface area contributed by atoms with E-state index in [4.69, 9.17) is 5.73 Å². The average molecular weight is 217 g/mol. The number of Topliss-reactive ketones (excluding diaryl/α,β-unsaturated/α-hetero) is 1. The number of nitrogens with two attached hydrogens (primary N) is 1. The smallest absolute Gasteiger partial charge is 0.153 e. The van der Waals surface area contributed by atoms with Gasteiger partial charge >= 0.3 is 0 Å². The van der Waals surface area contributed by atoms with Gasteiger partial charge in [0.2, 0.25) is 0 Å². The number of ketones is 1. The topological polar surface area (TPSA) is 43.1 Å². The number of benzene rings is 1. The zero-order valence-electron chi connectivity index (χ0n) is 9.78. The second-order valence-electron chi connectivity index (χ2n) is 4.86. The van der Waals surface area contributed by atoms with Gasteiger partial charge in [-0.05, 0) is 30.4 Å². The van der Waals surface area contributed by atoms with Crippen LogP contribution in [0, 0.1) is 12.8 Å². The molecular formula is C14H19NO. The van der Waals surface area contributed by atoms with E-state index in [1.54, 1.807) is 0 Å². The van der Waals surface area contributed by atoms with E-state index in [0.717, 1.165) is 17.9 Å². The van der Waals surface area contributed by atoms with Gasteiger partial charge in [-0.15, -0.1) is 0 Å². The highest BCUT2D eigenvalue weighted by molar-refractivity contribution is 5.86. The summed E-state index contributed by atoms with van der Waals surface area (Å²) in [4.78, 5) is 11.9. The molecule has 0 spiro atoms. The molecule has 2 heteroatoms. The summed E-state index contributed by atoms with van der Waals surface area (Å²) in [5.74, 6) is 0.900. The molecule has 1 unspecified atom stereocenters. The van der Waals surface area contributed by atoms with Crippen LogP contribution in [0.15, 0.2) is 24.3 Å². The molecule has 0 amide bonds. The SMILES string of the molecule is Cc1ccccc1CC(=O)C(N)CC1CC1. The lowest BCUT2D eigenvalue weighted by Gasteiger charge is -2.11. The fraction of sp³-hybridized carbons (Fsp3) is 0.500. The molecule has 1 aromatic rings. The van der Waals surface area contributed by atoms with E-state index >= 15 is 0 Å². The fourth-order valence-corrected chi connectivity index (χ4v) is 1.97. The van der Waals surface area contributed by atoms with Crippen LogP contribution < -0.4 is 5.73 Å². The van der Waals surface area contributed by atoms with Gasteiger partial charge < -0.3 is 5.73 Å². The molecule has 86 valence electrons. The maximum Gasteiger partial charge on any atom is 0.153 e. The maximum absolute atomic E-state index is 11.9. The van der Waals surface area contributed by atoms with Crippen LogP contribution in [-0.2, 0) is 11.2 Å². The van der Waals surface area contributed by atoms with E-state index < -0.39 is 0 Å². The Morgan fingerprint density at radius 2 is 2.12 bits per heavy atom. The fourth-order valence-electron chi connectivity index (χ4n) is 1.97. The zero-order valence-corrected chi connectivity index (χ0v) is 9.78. The van der Waals surface area contributed by atoms with Crippen molar-refractivity contribution in [2.75, 3.05) is 0 Å². The molecule has 1 saturated carbocycles. The highest BCUT2D eigenvalue weighted by Crippen LogP contribution is 2.33. The Morgan fingerprint density at radius 3 is 2.75 bits per heavy atom. The van der Waals surface area contributed by atoms with Crippen LogP contribution in [0.1, 0.15) is 30.4 Å². The number of aryl methyl sites for hydroxylation is 1. The van der Waals surface area contributed by atoms with Gasteiger partial charge in [0.15, 0.2) is 5.78 Å². The van der Waals surface area contributed by atoms with Gasteiger partial charge in [0.05, 0.1) is 6.04 Å². The van der Waals surface area contributed by atoms with Crippen LogP contribution >= 0.6 is 0 Å². The van der Waals surface area contributed by atoms with Crippen molar-refractivity contribution in [2.24, 2.45) is 11.7 Å². The average Bonchev–Trinajstić information content (AvgIpc) is 3.05. The second kappa shape index (κ2) is 4.79. The minimum Gasteiger partial charge on any atom is -0.321 e. The number of hydrogen-bond donors (Lipinski definition) is 1. The molecule has 1 aromatic carbocycles. The highest BCUT2D eigenvalue weighted by Gasteiger charge is 2.26. The van der Waals surface area contributed by atoms with E-state index in [-0.39, 0.29) is 11.8 Å². The number of carbonyl (C=O) groups is 1. The normalized spacial score (nSPS) is 17.1. The quantitative estimate of drug-likeness (QED) is 0.822. The molecule has 16 heavy (non-hydrogen) atoms. The minimum absolute atomic E-state index is 0.182. The van der Waals surface area contributed by atoms with Crippen LogP contribution in [0.4, 0.5) is 0 Å². The van der Waals surface area contributed by atoms with Crippen molar-refractivity contribution in [3.05, 3.63) is 35.4 Å². The van der Waals surface area contributed by atoms with Gasteiger partial charge in [0, 0.05) is 6.42 Å². The van der Waals surface area contributed by atoms with E-state index in [2.05, 4.69) is 0 Å². The third-order valence-electron chi connectivity index (χ3n) is 3.32. The molecule has 2 rings (SSSR count). The van der Waals surface area contributed by atoms with Crippen molar-refractivity contribution >= 4 is 5.78 Å². The van der Waals surface area contributed by atoms with Crippen LogP contribution in [0.3, 0.4) is 0 Å². The van der Waals surface area contributed by atoms with Crippen LogP contribution in [-0.4, -0.2) is 11.8 Å². The third-order valence-corrected chi connectivity index (χ3v) is 3.32. The molecule has 1 aliphatic carbocycles. The van der Waals surface area contributed by atoms with Gasteiger partial charge in [-0.25, -0.2) is 0 Å². The molecule has 1 atom stereocenters. The lowest BCUT2D eigenvalue weighted by molar-refractivity contribution is -0.119. The zero-order chi connectivity index (χ0) is 11.5. The molecular weight excluding hydrogens is 198 g/mol. The number of hydrogen-bond acceptors (Lipinski definition) is 2. The standard InChI is InChI=1S/C14H19NO/c1-10-4-2-3-5-12(10)9-14(16)13(15)8-11-6-7-11/h2-5,11,13H,6-9,15H2,1H3. The monoisotopic (exact) mass is 217 g/mol. The maximum atomic E-state index is 11.9. The summed E-state index contributed by atoms with van der Waals surface area (Å²) in [7, 11) is 0. The lowest BCUT2D eigenvalue weighted by atomic mass is 9.98. The van der Waals surface area contributed by atoms with Crippen molar-refractivity contribution in [3.8, 4) is 0 Å². The van der Waals surface area contributed by atoms with Crippen molar-refractivity contribution in [1.82, 2.24) is 0 Å². The first-order valence-electron chi connectivity index (χ1n) is 5.99. The molecule has 0 heterocycles. The Labute approximate surface area is 96.8 Å². The first-order chi connectivity index (χ1) is 7.66. The predicted octanol–water partition coefficient (Wildman–Crippen LogP) is 2.23. The van der Waals surface area contributed by atoms with Gasteiger partial charge in [0.25, 0.3) is 0 Å². The van der Waals surface area contributed by atoms with Crippen molar-refractivity contribution in [3.63, 3.8) is 0 Å². The van der Waals surface area contributed by atoms with E-state index in [1.807, 2.05) is 31.2 Å². The summed E-state index contributed by atoms with van der Waals surface area (Å²) in [5.41, 5.74) is 8.19. The van der Waals surface area contributed by atoms with Crippen LogP contribution in [0.2, 0.25) is 0 Å². The van der Waals surface area contributed by atoms with Gasteiger partial charge in [-0.2, -0.15) is 0 Å². The van der Waals surface area contributed by atoms with E-state index in [9.17, 15) is 4.79 Å². The highest BCUT2D eigenvalue weighted by atomic mass is 16.1. The van der Waals surface area contributed by atoms with Crippen molar-refractivity contribution in [2.45, 2.75) is 38.6 Å². The molecule has 0 aromatic heterocycles. The number of carbonyl (C=O) groups excluding carboxylic acids is 1. The van der Waals surface area contributed by atoms with Crippen molar-refractivity contribution in [1.29, 1.82) is 0 Å². The minimum atomic E-state index is -0.257. The van der Waals surface area contributed by atoms with Crippen molar-refractivity contribution < 1.29 is 4.79 Å². The Balaban J connectivity index is 1.93. The second-order valence-corrected chi connectivity index (χ2v) is 4.86. The molecule has 1 aliphatic rings. The first kappa shape index (κ1) is 11.3. The van der Waals surface area contributed by atoms with Crippen LogP contribution in [0.5, 0.6) is 0 Å². The Hall–Kier alpha value is -1.15. The van der Waals surface area contributed by atoms with Crippen LogP contribution in [0.25, 0.3) is 0 Å². The predicted molar refractivity (Wildman–Crippen MR) is 65.2 cm³/mol. The first-order valence-corrected chi connectivity index (χ1v) is 5.99. The van der Waals surface area contributed by atoms with Gasteiger partial charge in [-0.3, -0.25) is 4.79 Å². The summed E-state index contributed by atoms with van der Waals surface area (Å²) >= 11 is 0. The summed E-state index contributed by atoms with van der Waals surface area (Å²) in [6, 6.07) is 7.76. The Morgan fingerprint density at radius 1 is 1.44 bits per heavy atom. The largest absolute Gasteiger partial charge is 0.321 e. The summed E-state index contributed by atoms with van der Waals surface area (Å²) < 4.78 is 0. The van der Waals surface area contributed by atoms with Gasteiger partial charge in [0.1, 0.15) is 0 Å². The number of rotatable bonds is 5. The molecule has 1 fully saturated rings. The molecule has 0 saturated heterocycles. The van der Waals surface area contributed by atoms with E-state index in [0.29, 0.717) is 6.42 Å². The molecule has 2 N–H and O–H groups in total. The molecule has 0 bridgehead atoms. The molecule has 0 aliphatic heterocycles. The summed E-state index contributed by atoms with van der Waals surface area (Å²) in [5, 5.41) is 0. The Bertz CT molecular complexity index is 382. The molecule has 2 nitrogen and oxygen atoms in total.